The number of carbonyl (C=O) groups is 2. The van der Waals surface area contributed by atoms with Gasteiger partial charge in [-0.05, 0) is 42.7 Å². The Kier molecular flexibility index (Phi) is 5.38. The summed E-state index contributed by atoms with van der Waals surface area (Å²) in [7, 11) is 1.53. The van der Waals surface area contributed by atoms with Crippen LogP contribution >= 0.6 is 11.8 Å². The molecule has 2 aromatic rings. The quantitative estimate of drug-likeness (QED) is 0.795. The lowest BCUT2D eigenvalue weighted by Gasteiger charge is -2.09. The van der Waals surface area contributed by atoms with Gasteiger partial charge in [0, 0.05) is 25.4 Å². The van der Waals surface area contributed by atoms with Gasteiger partial charge in [-0.1, -0.05) is 30.0 Å². The first kappa shape index (κ1) is 17.5. The molecule has 1 aliphatic heterocycles. The van der Waals surface area contributed by atoms with Crippen LogP contribution in [0.5, 0.6) is 5.75 Å². The molecule has 0 saturated carbocycles. The van der Waals surface area contributed by atoms with Crippen LogP contribution in [0.25, 0.3) is 0 Å². The Morgan fingerprint density at radius 2 is 1.92 bits per heavy atom. The van der Waals surface area contributed by atoms with Crippen molar-refractivity contribution in [1.82, 2.24) is 9.88 Å². The van der Waals surface area contributed by atoms with Gasteiger partial charge in [0.1, 0.15) is 5.75 Å². The zero-order valence-corrected chi connectivity index (χ0v) is 15.1. The van der Waals surface area contributed by atoms with Gasteiger partial charge in [0.15, 0.2) is 0 Å². The van der Waals surface area contributed by atoms with Crippen LogP contribution in [-0.4, -0.2) is 39.9 Å². The number of imide groups is 1. The first-order valence-electron chi connectivity index (χ1n) is 8.14. The van der Waals surface area contributed by atoms with Gasteiger partial charge in [-0.15, -0.1) is 0 Å². The lowest BCUT2D eigenvalue weighted by atomic mass is 10.1. The van der Waals surface area contributed by atoms with Crippen LogP contribution in [0.1, 0.15) is 16.8 Å². The van der Waals surface area contributed by atoms with Crippen LogP contribution in [0.3, 0.4) is 0 Å². The first-order chi connectivity index (χ1) is 12.0. The van der Waals surface area contributed by atoms with Crippen molar-refractivity contribution in [1.29, 1.82) is 0 Å². The summed E-state index contributed by atoms with van der Waals surface area (Å²) in [5, 5.41) is -0.503. The van der Waals surface area contributed by atoms with E-state index < -0.39 is 0 Å². The minimum Gasteiger partial charge on any atom is -0.493 e. The number of thioether (sulfide) groups is 1. The van der Waals surface area contributed by atoms with Gasteiger partial charge < -0.3 is 4.74 Å². The molecule has 2 heterocycles. The normalized spacial score (nSPS) is 17.2. The van der Waals surface area contributed by atoms with Gasteiger partial charge >= 0.3 is 0 Å². The van der Waals surface area contributed by atoms with Gasteiger partial charge in [-0.25, -0.2) is 0 Å². The van der Waals surface area contributed by atoms with Crippen LogP contribution in [0.4, 0.5) is 4.79 Å². The van der Waals surface area contributed by atoms with Crippen molar-refractivity contribution in [3.63, 3.8) is 0 Å². The summed E-state index contributed by atoms with van der Waals surface area (Å²) >= 11 is 1.09. The molecule has 1 aromatic carbocycles. The molecule has 0 aliphatic carbocycles. The molecule has 1 saturated heterocycles. The zero-order valence-electron chi connectivity index (χ0n) is 14.3. The van der Waals surface area contributed by atoms with E-state index in [9.17, 15) is 9.59 Å². The summed E-state index contributed by atoms with van der Waals surface area (Å²) < 4.78 is 5.75. The second-order valence-electron chi connectivity index (χ2n) is 6.04. The van der Waals surface area contributed by atoms with Crippen molar-refractivity contribution < 1.29 is 14.3 Å². The third-order valence-corrected chi connectivity index (χ3v) is 5.20. The fraction of sp³-hybridized carbons (Fsp3) is 0.316. The lowest BCUT2D eigenvalue weighted by Crippen LogP contribution is -2.28. The van der Waals surface area contributed by atoms with Crippen LogP contribution < -0.4 is 4.74 Å². The Balaban J connectivity index is 1.49. The van der Waals surface area contributed by atoms with Crippen molar-refractivity contribution in [2.75, 3.05) is 13.7 Å². The van der Waals surface area contributed by atoms with E-state index in [0.717, 1.165) is 40.8 Å². The minimum atomic E-state index is -0.322. The molecule has 5 nitrogen and oxygen atoms in total. The van der Waals surface area contributed by atoms with E-state index in [1.54, 1.807) is 0 Å². The second kappa shape index (κ2) is 7.70. The summed E-state index contributed by atoms with van der Waals surface area (Å²) in [5.41, 5.74) is 3.17. The van der Waals surface area contributed by atoms with E-state index in [1.165, 1.54) is 11.9 Å². The molecular formula is C19H20N2O3S. The maximum absolute atomic E-state index is 11.9. The van der Waals surface area contributed by atoms with Gasteiger partial charge in [-0.3, -0.25) is 19.5 Å². The minimum absolute atomic E-state index is 0.124. The average Bonchev–Trinajstić information content (AvgIpc) is 2.85. The predicted octanol–water partition coefficient (Wildman–Crippen LogP) is 3.25. The summed E-state index contributed by atoms with van der Waals surface area (Å²) in [6.45, 7) is 2.58. The Morgan fingerprint density at radius 3 is 2.52 bits per heavy atom. The SMILES string of the molecule is Cc1ccc(CCOc2ccc(CC3SC(=O)N(C)C3=O)cc2)nc1. The monoisotopic (exact) mass is 356 g/mol. The van der Waals surface area contributed by atoms with E-state index in [1.807, 2.05) is 49.5 Å². The van der Waals surface area contributed by atoms with E-state index in [2.05, 4.69) is 4.98 Å². The molecule has 1 aliphatic rings. The van der Waals surface area contributed by atoms with Crippen molar-refractivity contribution in [2.45, 2.75) is 25.0 Å². The summed E-state index contributed by atoms with van der Waals surface area (Å²) in [6.07, 6.45) is 3.16. The molecule has 0 N–H and O–H groups in total. The molecule has 0 spiro atoms. The molecular weight excluding hydrogens is 336 g/mol. The Bertz CT molecular complexity index is 759. The van der Waals surface area contributed by atoms with E-state index in [0.29, 0.717) is 13.0 Å². The molecule has 3 rings (SSSR count). The lowest BCUT2D eigenvalue weighted by molar-refractivity contribution is -0.125. The Morgan fingerprint density at radius 1 is 1.16 bits per heavy atom. The number of hydrogen-bond donors (Lipinski definition) is 0. The smallest absolute Gasteiger partial charge is 0.288 e. The first-order valence-corrected chi connectivity index (χ1v) is 9.02. The van der Waals surface area contributed by atoms with Gasteiger partial charge in [0.25, 0.3) is 5.24 Å². The molecule has 25 heavy (non-hydrogen) atoms. The van der Waals surface area contributed by atoms with Crippen molar-refractivity contribution in [2.24, 2.45) is 0 Å². The van der Waals surface area contributed by atoms with Crippen molar-refractivity contribution in [3.05, 3.63) is 59.4 Å². The highest BCUT2D eigenvalue weighted by Crippen LogP contribution is 2.28. The second-order valence-corrected chi connectivity index (χ2v) is 7.20. The Hall–Kier alpha value is -2.34. The number of nitrogens with zero attached hydrogens (tertiary/aromatic N) is 2. The number of benzene rings is 1. The number of aromatic nitrogens is 1. The maximum atomic E-state index is 11.9. The number of carbonyl (C=O) groups excluding carboxylic acids is 2. The molecule has 0 bridgehead atoms. The third kappa shape index (κ3) is 4.39. The molecule has 130 valence electrons. The molecule has 0 radical (unpaired) electrons. The Labute approximate surface area is 151 Å². The number of rotatable bonds is 6. The topological polar surface area (TPSA) is 59.5 Å². The zero-order chi connectivity index (χ0) is 17.8. The van der Waals surface area contributed by atoms with Gasteiger partial charge in [-0.2, -0.15) is 0 Å². The summed E-state index contributed by atoms with van der Waals surface area (Å²) in [5.74, 6) is 0.662. The van der Waals surface area contributed by atoms with Gasteiger partial charge in [0.05, 0.1) is 11.9 Å². The highest BCUT2D eigenvalue weighted by Gasteiger charge is 2.36. The van der Waals surface area contributed by atoms with Crippen LogP contribution in [0.2, 0.25) is 0 Å². The molecule has 1 atom stereocenters. The van der Waals surface area contributed by atoms with Crippen LogP contribution in [0, 0.1) is 6.92 Å². The third-order valence-electron chi connectivity index (χ3n) is 4.07. The summed E-state index contributed by atoms with van der Waals surface area (Å²) in [4.78, 5) is 29.0. The number of hydrogen-bond acceptors (Lipinski definition) is 5. The van der Waals surface area contributed by atoms with Gasteiger partial charge in [0.2, 0.25) is 5.91 Å². The number of pyridine rings is 1. The summed E-state index contributed by atoms with van der Waals surface area (Å²) in [6, 6.07) is 11.7. The molecule has 1 aromatic heterocycles. The fourth-order valence-corrected chi connectivity index (χ4v) is 3.57. The predicted molar refractivity (Wildman–Crippen MR) is 97.9 cm³/mol. The molecule has 6 heteroatoms. The van der Waals surface area contributed by atoms with Crippen molar-refractivity contribution in [3.8, 4) is 5.75 Å². The number of ether oxygens (including phenoxy) is 1. The largest absolute Gasteiger partial charge is 0.493 e. The average molecular weight is 356 g/mol. The van der Waals surface area contributed by atoms with E-state index >= 15 is 0 Å². The fourth-order valence-electron chi connectivity index (χ4n) is 2.54. The van der Waals surface area contributed by atoms with Crippen LogP contribution in [0.15, 0.2) is 42.6 Å². The number of aryl methyl sites for hydroxylation is 1. The van der Waals surface area contributed by atoms with Crippen LogP contribution in [-0.2, 0) is 17.6 Å². The standard InChI is InChI=1S/C19H20N2O3S/c1-13-3-6-15(20-12-13)9-10-24-16-7-4-14(5-8-16)11-17-18(22)21(2)19(23)25-17/h3-8,12,17H,9-11H2,1-2H3. The molecule has 2 amide bonds. The molecule has 1 unspecified atom stereocenters. The van der Waals surface area contributed by atoms with Crippen molar-refractivity contribution >= 4 is 22.9 Å². The van der Waals surface area contributed by atoms with E-state index in [4.69, 9.17) is 4.74 Å². The number of amides is 2. The highest BCUT2D eigenvalue weighted by atomic mass is 32.2. The van der Waals surface area contributed by atoms with E-state index in [-0.39, 0.29) is 16.4 Å². The maximum Gasteiger partial charge on any atom is 0.288 e. The molecule has 1 fully saturated rings. The highest BCUT2D eigenvalue weighted by molar-refractivity contribution is 8.15.